The molecule has 0 radical (unpaired) electrons. The molecule has 2 saturated heterocycles. The van der Waals surface area contributed by atoms with Gasteiger partial charge in [-0.2, -0.15) is 0 Å². The Kier molecular flexibility index (Phi) is 3.12. The van der Waals surface area contributed by atoms with Gasteiger partial charge >= 0.3 is 0 Å². The van der Waals surface area contributed by atoms with E-state index in [1.807, 2.05) is 0 Å². The molecular formula is C14H24N2O. The van der Waals surface area contributed by atoms with Crippen LogP contribution in [0.15, 0.2) is 0 Å². The first kappa shape index (κ1) is 11.5. The van der Waals surface area contributed by atoms with Gasteiger partial charge in [0.1, 0.15) is 0 Å². The number of piperidine rings is 1. The van der Waals surface area contributed by atoms with Crippen LogP contribution in [-0.2, 0) is 4.79 Å². The number of nitrogens with one attached hydrogen (secondary N) is 2. The van der Waals surface area contributed by atoms with Crippen LogP contribution in [0, 0.1) is 17.3 Å². The minimum Gasteiger partial charge on any atom is -0.355 e. The predicted molar refractivity (Wildman–Crippen MR) is 67.6 cm³/mol. The van der Waals surface area contributed by atoms with Crippen LogP contribution >= 0.6 is 0 Å². The van der Waals surface area contributed by atoms with E-state index in [2.05, 4.69) is 10.6 Å². The van der Waals surface area contributed by atoms with Gasteiger partial charge in [-0.1, -0.05) is 32.1 Å². The average Bonchev–Trinajstić information content (AvgIpc) is 2.69. The molecular weight excluding hydrogens is 212 g/mol. The van der Waals surface area contributed by atoms with Crippen molar-refractivity contribution in [3.8, 4) is 0 Å². The SMILES string of the molecule is O=C1NCC(C2CCCCC2)C12CCCNC2. The number of carbonyl (C=O) groups is 1. The van der Waals surface area contributed by atoms with Crippen LogP contribution < -0.4 is 10.6 Å². The van der Waals surface area contributed by atoms with Gasteiger partial charge in [0.2, 0.25) is 5.91 Å². The maximum absolute atomic E-state index is 12.3. The topological polar surface area (TPSA) is 41.1 Å². The zero-order valence-corrected chi connectivity index (χ0v) is 10.6. The Labute approximate surface area is 104 Å². The van der Waals surface area contributed by atoms with Crippen LogP contribution in [0.1, 0.15) is 44.9 Å². The first-order valence-corrected chi connectivity index (χ1v) is 7.32. The van der Waals surface area contributed by atoms with Gasteiger partial charge in [-0.3, -0.25) is 4.79 Å². The van der Waals surface area contributed by atoms with Crippen LogP contribution in [0.5, 0.6) is 0 Å². The highest BCUT2D eigenvalue weighted by molar-refractivity contribution is 5.85. The Hall–Kier alpha value is -0.570. The van der Waals surface area contributed by atoms with E-state index in [-0.39, 0.29) is 5.41 Å². The summed E-state index contributed by atoms with van der Waals surface area (Å²) in [5.41, 5.74) is -0.0553. The molecule has 1 amide bonds. The lowest BCUT2D eigenvalue weighted by Gasteiger charge is -2.41. The molecule has 3 rings (SSSR count). The normalized spacial score (nSPS) is 39.5. The number of carbonyl (C=O) groups excluding carboxylic acids is 1. The molecule has 3 nitrogen and oxygen atoms in total. The van der Waals surface area contributed by atoms with Crippen molar-refractivity contribution in [1.29, 1.82) is 0 Å². The van der Waals surface area contributed by atoms with E-state index in [0.29, 0.717) is 11.8 Å². The Morgan fingerprint density at radius 2 is 1.94 bits per heavy atom. The van der Waals surface area contributed by atoms with Gasteiger partial charge in [-0.25, -0.2) is 0 Å². The van der Waals surface area contributed by atoms with Crippen molar-refractivity contribution >= 4 is 5.91 Å². The lowest BCUT2D eigenvalue weighted by atomic mass is 9.64. The van der Waals surface area contributed by atoms with E-state index < -0.39 is 0 Å². The van der Waals surface area contributed by atoms with E-state index in [0.717, 1.165) is 38.4 Å². The Morgan fingerprint density at radius 1 is 1.12 bits per heavy atom. The molecule has 2 atom stereocenters. The number of hydrogen-bond donors (Lipinski definition) is 2. The fourth-order valence-electron chi connectivity index (χ4n) is 4.34. The van der Waals surface area contributed by atoms with Crippen LogP contribution in [0.2, 0.25) is 0 Å². The van der Waals surface area contributed by atoms with Crippen molar-refractivity contribution in [2.45, 2.75) is 44.9 Å². The molecule has 0 aromatic rings. The van der Waals surface area contributed by atoms with E-state index in [4.69, 9.17) is 0 Å². The summed E-state index contributed by atoms with van der Waals surface area (Å²) in [6.45, 7) is 2.94. The van der Waals surface area contributed by atoms with E-state index >= 15 is 0 Å². The minimum atomic E-state index is -0.0553. The molecule has 96 valence electrons. The second-order valence-electron chi connectivity index (χ2n) is 6.15. The largest absolute Gasteiger partial charge is 0.355 e. The van der Waals surface area contributed by atoms with Crippen molar-refractivity contribution in [2.75, 3.05) is 19.6 Å². The molecule has 3 heteroatoms. The van der Waals surface area contributed by atoms with Gasteiger partial charge in [0, 0.05) is 13.1 Å². The summed E-state index contributed by atoms with van der Waals surface area (Å²) in [4.78, 5) is 12.3. The van der Waals surface area contributed by atoms with E-state index in [1.165, 1.54) is 32.1 Å². The first-order chi connectivity index (χ1) is 8.33. The van der Waals surface area contributed by atoms with Crippen molar-refractivity contribution in [3.05, 3.63) is 0 Å². The van der Waals surface area contributed by atoms with Crippen LogP contribution in [-0.4, -0.2) is 25.5 Å². The smallest absolute Gasteiger partial charge is 0.227 e. The van der Waals surface area contributed by atoms with Gasteiger partial charge < -0.3 is 10.6 Å². The summed E-state index contributed by atoms with van der Waals surface area (Å²) >= 11 is 0. The summed E-state index contributed by atoms with van der Waals surface area (Å²) in [6, 6.07) is 0. The first-order valence-electron chi connectivity index (χ1n) is 7.32. The van der Waals surface area contributed by atoms with Crippen molar-refractivity contribution in [2.24, 2.45) is 17.3 Å². The fraction of sp³-hybridized carbons (Fsp3) is 0.929. The quantitative estimate of drug-likeness (QED) is 0.727. The third kappa shape index (κ3) is 1.88. The second-order valence-corrected chi connectivity index (χ2v) is 6.15. The summed E-state index contributed by atoms with van der Waals surface area (Å²) < 4.78 is 0. The van der Waals surface area contributed by atoms with Crippen LogP contribution in [0.3, 0.4) is 0 Å². The molecule has 0 bridgehead atoms. The summed E-state index contributed by atoms with van der Waals surface area (Å²) in [5.74, 6) is 1.73. The fourth-order valence-corrected chi connectivity index (χ4v) is 4.34. The van der Waals surface area contributed by atoms with Gasteiger partial charge in [0.05, 0.1) is 5.41 Å². The summed E-state index contributed by atoms with van der Waals surface area (Å²) in [5, 5.41) is 6.60. The maximum atomic E-state index is 12.3. The van der Waals surface area contributed by atoms with Crippen molar-refractivity contribution < 1.29 is 4.79 Å². The predicted octanol–water partition coefficient (Wildman–Crippen LogP) is 1.68. The van der Waals surface area contributed by atoms with Crippen LogP contribution in [0.25, 0.3) is 0 Å². The highest BCUT2D eigenvalue weighted by Gasteiger charge is 2.52. The minimum absolute atomic E-state index is 0.0553. The number of hydrogen-bond acceptors (Lipinski definition) is 2. The van der Waals surface area contributed by atoms with Crippen molar-refractivity contribution in [3.63, 3.8) is 0 Å². The zero-order valence-electron chi connectivity index (χ0n) is 10.6. The molecule has 3 fully saturated rings. The van der Waals surface area contributed by atoms with Gasteiger partial charge in [0.15, 0.2) is 0 Å². The standard InChI is InChI=1S/C14H24N2O/c17-13-14(7-4-8-15-10-14)12(9-16-13)11-5-2-1-3-6-11/h11-12,15H,1-10H2,(H,16,17). The summed E-state index contributed by atoms with van der Waals surface area (Å²) in [7, 11) is 0. The van der Waals surface area contributed by atoms with E-state index in [1.54, 1.807) is 0 Å². The van der Waals surface area contributed by atoms with Gasteiger partial charge in [0.25, 0.3) is 0 Å². The second kappa shape index (κ2) is 4.60. The lowest BCUT2D eigenvalue weighted by Crippen LogP contribution is -2.49. The molecule has 2 aliphatic heterocycles. The summed E-state index contributed by atoms with van der Waals surface area (Å²) in [6.07, 6.45) is 9.11. The van der Waals surface area contributed by atoms with Crippen LogP contribution in [0.4, 0.5) is 0 Å². The molecule has 2 unspecified atom stereocenters. The highest BCUT2D eigenvalue weighted by Crippen LogP contribution is 2.46. The van der Waals surface area contributed by atoms with Gasteiger partial charge in [-0.15, -0.1) is 0 Å². The molecule has 1 saturated carbocycles. The molecule has 1 spiro atoms. The maximum Gasteiger partial charge on any atom is 0.227 e. The third-order valence-corrected chi connectivity index (χ3v) is 5.28. The molecule has 17 heavy (non-hydrogen) atoms. The number of rotatable bonds is 1. The molecule has 2 N–H and O–H groups in total. The lowest BCUT2D eigenvalue weighted by molar-refractivity contribution is -0.131. The van der Waals surface area contributed by atoms with Crippen molar-refractivity contribution in [1.82, 2.24) is 10.6 Å². The van der Waals surface area contributed by atoms with Gasteiger partial charge in [-0.05, 0) is 31.2 Å². The highest BCUT2D eigenvalue weighted by atomic mass is 16.2. The molecule has 1 aliphatic carbocycles. The Morgan fingerprint density at radius 3 is 2.65 bits per heavy atom. The van der Waals surface area contributed by atoms with E-state index in [9.17, 15) is 4.79 Å². The Balaban J connectivity index is 1.79. The number of amides is 1. The molecule has 3 aliphatic rings. The third-order valence-electron chi connectivity index (χ3n) is 5.28. The zero-order chi connectivity index (χ0) is 11.7. The molecule has 0 aromatic heterocycles. The molecule has 0 aromatic carbocycles. The monoisotopic (exact) mass is 236 g/mol. The average molecular weight is 236 g/mol. The Bertz CT molecular complexity index is 291. The molecule has 2 heterocycles.